The van der Waals surface area contributed by atoms with Crippen LogP contribution in [0.5, 0.6) is 0 Å². The van der Waals surface area contributed by atoms with Gasteiger partial charge in [0.05, 0.1) is 16.7 Å². The van der Waals surface area contributed by atoms with Crippen LogP contribution in [0.3, 0.4) is 0 Å². The molecule has 0 spiro atoms. The van der Waals surface area contributed by atoms with Crippen molar-refractivity contribution in [3.8, 4) is 22.6 Å². The summed E-state index contributed by atoms with van der Waals surface area (Å²) < 4.78 is 0. The Bertz CT molecular complexity index is 1540. The van der Waals surface area contributed by atoms with Gasteiger partial charge in [-0.1, -0.05) is 54.6 Å². The molecule has 3 aromatic heterocycles. The summed E-state index contributed by atoms with van der Waals surface area (Å²) in [6.45, 7) is 0. The first-order valence-corrected chi connectivity index (χ1v) is 9.82. The lowest BCUT2D eigenvalue weighted by atomic mass is 9.96. The van der Waals surface area contributed by atoms with Crippen molar-refractivity contribution in [3.63, 3.8) is 0 Å². The third-order valence-electron chi connectivity index (χ3n) is 5.44. The first-order valence-electron chi connectivity index (χ1n) is 9.82. The molecule has 30 heavy (non-hydrogen) atoms. The third-order valence-corrected chi connectivity index (χ3v) is 5.44. The lowest BCUT2D eigenvalue weighted by molar-refractivity contribution is 1.18. The predicted octanol–water partition coefficient (Wildman–Crippen LogP) is 6.06. The summed E-state index contributed by atoms with van der Waals surface area (Å²) in [4.78, 5) is 18.5. The van der Waals surface area contributed by atoms with Crippen LogP contribution in [0.2, 0.25) is 0 Å². The molecule has 0 N–H and O–H groups in total. The third kappa shape index (κ3) is 2.62. The molecule has 6 aromatic rings. The van der Waals surface area contributed by atoms with Crippen LogP contribution in [0.1, 0.15) is 0 Å². The number of pyridine rings is 2. The maximum atomic E-state index is 5.03. The highest BCUT2D eigenvalue weighted by atomic mass is 14.9. The van der Waals surface area contributed by atoms with Gasteiger partial charge in [0.1, 0.15) is 0 Å². The van der Waals surface area contributed by atoms with E-state index in [1.54, 1.807) is 12.4 Å². The fourth-order valence-electron chi connectivity index (χ4n) is 4.03. The maximum absolute atomic E-state index is 5.03. The summed E-state index contributed by atoms with van der Waals surface area (Å²) in [6.07, 6.45) is 5.36. The zero-order chi connectivity index (χ0) is 19.9. The van der Waals surface area contributed by atoms with Crippen LogP contribution < -0.4 is 0 Å². The van der Waals surface area contributed by atoms with Crippen molar-refractivity contribution in [2.24, 2.45) is 0 Å². The van der Waals surface area contributed by atoms with Gasteiger partial charge in [0.25, 0.3) is 0 Å². The van der Waals surface area contributed by atoms with E-state index in [0.29, 0.717) is 0 Å². The van der Waals surface area contributed by atoms with E-state index < -0.39 is 0 Å². The molecular weight excluding hydrogens is 368 g/mol. The summed E-state index contributed by atoms with van der Waals surface area (Å²) in [7, 11) is 0. The second kappa shape index (κ2) is 6.71. The van der Waals surface area contributed by atoms with E-state index in [9.17, 15) is 0 Å². The summed E-state index contributed by atoms with van der Waals surface area (Å²) >= 11 is 0. The average Bonchev–Trinajstić information content (AvgIpc) is 2.83. The van der Waals surface area contributed by atoms with Gasteiger partial charge < -0.3 is 0 Å². The minimum atomic E-state index is 0.724. The molecule has 0 fully saturated rings. The van der Waals surface area contributed by atoms with Gasteiger partial charge in [0.2, 0.25) is 0 Å². The number of benzene rings is 3. The molecule has 3 heterocycles. The second-order valence-corrected chi connectivity index (χ2v) is 7.19. The van der Waals surface area contributed by atoms with Crippen LogP contribution in [-0.4, -0.2) is 19.9 Å². The van der Waals surface area contributed by atoms with Gasteiger partial charge in [0.15, 0.2) is 5.82 Å². The molecule has 0 aliphatic rings. The van der Waals surface area contributed by atoms with Crippen molar-refractivity contribution in [1.82, 2.24) is 19.9 Å². The van der Waals surface area contributed by atoms with E-state index in [2.05, 4.69) is 75.6 Å². The van der Waals surface area contributed by atoms with Crippen LogP contribution >= 0.6 is 0 Å². The Morgan fingerprint density at radius 1 is 0.467 bits per heavy atom. The van der Waals surface area contributed by atoms with Crippen LogP contribution in [-0.2, 0) is 0 Å². The molecule has 4 heteroatoms. The maximum Gasteiger partial charge on any atom is 0.159 e. The second-order valence-electron chi connectivity index (χ2n) is 7.19. The van der Waals surface area contributed by atoms with Crippen LogP contribution in [0.4, 0.5) is 0 Å². The number of hydrogen-bond acceptors (Lipinski definition) is 4. The van der Waals surface area contributed by atoms with E-state index in [1.165, 1.54) is 0 Å². The molecule has 0 amide bonds. The van der Waals surface area contributed by atoms with E-state index in [1.807, 2.05) is 24.4 Å². The Labute approximate surface area is 172 Å². The van der Waals surface area contributed by atoms with Gasteiger partial charge >= 0.3 is 0 Å². The summed E-state index contributed by atoms with van der Waals surface area (Å²) in [5, 5.41) is 4.42. The standard InChI is InChI=1S/C26H16N4/c1-2-7-20-19(6-1)21(11-12-22(20)26-28-15-4-16-29-26)23-13-10-18-9-8-17-5-3-14-27-24(17)25(18)30-23/h1-16H. The molecule has 0 unspecified atom stereocenters. The van der Waals surface area contributed by atoms with Crippen LogP contribution in [0.25, 0.3) is 55.2 Å². The molecule has 4 nitrogen and oxygen atoms in total. The number of rotatable bonds is 2. The monoisotopic (exact) mass is 384 g/mol. The number of hydrogen-bond donors (Lipinski definition) is 0. The van der Waals surface area contributed by atoms with Gasteiger partial charge in [-0.15, -0.1) is 0 Å². The lowest BCUT2D eigenvalue weighted by Crippen LogP contribution is -1.92. The number of nitrogens with zero attached hydrogens (tertiary/aromatic N) is 4. The van der Waals surface area contributed by atoms with Crippen molar-refractivity contribution in [2.45, 2.75) is 0 Å². The number of aromatic nitrogens is 4. The smallest absolute Gasteiger partial charge is 0.159 e. The van der Waals surface area contributed by atoms with E-state index in [-0.39, 0.29) is 0 Å². The molecule has 0 saturated heterocycles. The average molecular weight is 384 g/mol. The normalized spacial score (nSPS) is 11.3. The van der Waals surface area contributed by atoms with E-state index in [0.717, 1.165) is 55.2 Å². The van der Waals surface area contributed by atoms with Crippen molar-refractivity contribution in [2.75, 3.05) is 0 Å². The zero-order valence-corrected chi connectivity index (χ0v) is 16.0. The zero-order valence-electron chi connectivity index (χ0n) is 16.0. The molecule has 0 aliphatic heterocycles. The highest BCUT2D eigenvalue weighted by Gasteiger charge is 2.12. The molecule has 3 aromatic carbocycles. The molecule has 0 atom stereocenters. The Balaban J connectivity index is 1.62. The fourth-order valence-corrected chi connectivity index (χ4v) is 4.03. The van der Waals surface area contributed by atoms with E-state index >= 15 is 0 Å². The minimum Gasteiger partial charge on any atom is -0.254 e. The Kier molecular flexibility index (Phi) is 3.74. The molecule has 6 rings (SSSR count). The van der Waals surface area contributed by atoms with Gasteiger partial charge in [-0.3, -0.25) is 4.98 Å². The lowest BCUT2D eigenvalue weighted by Gasteiger charge is -2.11. The van der Waals surface area contributed by atoms with E-state index in [4.69, 9.17) is 4.98 Å². The number of fused-ring (bicyclic) bond motifs is 4. The van der Waals surface area contributed by atoms with Gasteiger partial charge in [-0.2, -0.15) is 0 Å². The van der Waals surface area contributed by atoms with Gasteiger partial charge in [-0.25, -0.2) is 15.0 Å². The van der Waals surface area contributed by atoms with Crippen molar-refractivity contribution in [3.05, 3.63) is 97.5 Å². The van der Waals surface area contributed by atoms with Crippen LogP contribution in [0, 0.1) is 0 Å². The summed E-state index contributed by atoms with van der Waals surface area (Å²) in [6, 6.07) is 26.8. The molecule has 0 bridgehead atoms. The van der Waals surface area contributed by atoms with Crippen molar-refractivity contribution in [1.29, 1.82) is 0 Å². The van der Waals surface area contributed by atoms with Crippen molar-refractivity contribution >= 4 is 32.6 Å². The Morgan fingerprint density at radius 2 is 1.13 bits per heavy atom. The molecule has 0 saturated carbocycles. The molecule has 140 valence electrons. The fraction of sp³-hybridized carbons (Fsp3) is 0. The van der Waals surface area contributed by atoms with Gasteiger partial charge in [-0.05, 0) is 35.0 Å². The van der Waals surface area contributed by atoms with Crippen molar-refractivity contribution < 1.29 is 0 Å². The highest BCUT2D eigenvalue weighted by Crippen LogP contribution is 2.34. The summed E-state index contributed by atoms with van der Waals surface area (Å²) in [5.74, 6) is 0.724. The molecule has 0 aliphatic carbocycles. The summed E-state index contributed by atoms with van der Waals surface area (Å²) in [5.41, 5.74) is 4.88. The molecule has 0 radical (unpaired) electrons. The quantitative estimate of drug-likeness (QED) is 0.341. The molecular formula is C26H16N4. The first-order chi connectivity index (χ1) is 14.9. The predicted molar refractivity (Wildman–Crippen MR) is 121 cm³/mol. The van der Waals surface area contributed by atoms with Crippen LogP contribution in [0.15, 0.2) is 97.5 Å². The largest absolute Gasteiger partial charge is 0.254 e. The topological polar surface area (TPSA) is 51.6 Å². The first kappa shape index (κ1) is 16.7. The Morgan fingerprint density at radius 3 is 1.97 bits per heavy atom. The SMILES string of the molecule is c1cnc(-c2ccc(-c3ccc4ccc5cccnc5c4n3)c3ccccc23)nc1. The highest BCUT2D eigenvalue weighted by molar-refractivity contribution is 6.06. The minimum absolute atomic E-state index is 0.724. The Hall–Kier alpha value is -4.18. The van der Waals surface area contributed by atoms with Gasteiger partial charge in [0, 0.05) is 40.5 Å².